The molecule has 1 aliphatic rings. The Balaban J connectivity index is 2.06. The van der Waals surface area contributed by atoms with Crippen molar-refractivity contribution >= 4 is 0 Å². The first kappa shape index (κ1) is 15.1. The van der Waals surface area contributed by atoms with Crippen LogP contribution in [0, 0.1) is 0 Å². The van der Waals surface area contributed by atoms with Gasteiger partial charge in [0, 0.05) is 23.7 Å². The molecule has 0 bridgehead atoms. The first-order valence-corrected chi connectivity index (χ1v) is 7.30. The van der Waals surface area contributed by atoms with Crippen LogP contribution in [0.3, 0.4) is 0 Å². The molecule has 0 spiro atoms. The fourth-order valence-corrected chi connectivity index (χ4v) is 2.92. The molecule has 2 rings (SSSR count). The van der Waals surface area contributed by atoms with E-state index >= 15 is 0 Å². The van der Waals surface area contributed by atoms with Crippen LogP contribution in [-0.2, 0) is 0 Å². The molecule has 0 radical (unpaired) electrons. The lowest BCUT2D eigenvalue weighted by Gasteiger charge is -2.30. The van der Waals surface area contributed by atoms with Gasteiger partial charge in [-0.05, 0) is 38.3 Å². The van der Waals surface area contributed by atoms with Crippen molar-refractivity contribution in [2.45, 2.75) is 50.8 Å². The predicted octanol–water partition coefficient (Wildman–Crippen LogP) is 2.66. The number of aliphatic hydroxyl groups is 1. The zero-order chi connectivity index (χ0) is 14.5. The van der Waals surface area contributed by atoms with Crippen molar-refractivity contribution in [3.8, 4) is 11.5 Å². The summed E-state index contributed by atoms with van der Waals surface area (Å²) in [5.41, 5.74) is 0.827. The Bertz CT molecular complexity index is 436. The molecule has 0 aliphatic carbocycles. The first-order valence-electron chi connectivity index (χ1n) is 7.30. The highest BCUT2D eigenvalue weighted by molar-refractivity contribution is 5.42. The molecule has 3 atom stereocenters. The van der Waals surface area contributed by atoms with Crippen LogP contribution in [0.15, 0.2) is 18.2 Å². The highest BCUT2D eigenvalue weighted by Gasteiger charge is 2.23. The average Bonchev–Trinajstić information content (AvgIpc) is 2.46. The van der Waals surface area contributed by atoms with E-state index in [0.717, 1.165) is 17.7 Å². The second kappa shape index (κ2) is 6.95. The summed E-state index contributed by atoms with van der Waals surface area (Å²) in [6.45, 7) is 2.20. The molecule has 4 nitrogen and oxygen atoms in total. The maximum Gasteiger partial charge on any atom is 0.128 e. The average molecular weight is 279 g/mol. The van der Waals surface area contributed by atoms with Crippen LogP contribution in [0.4, 0.5) is 0 Å². The van der Waals surface area contributed by atoms with E-state index in [1.807, 2.05) is 18.2 Å². The highest BCUT2D eigenvalue weighted by Crippen LogP contribution is 2.32. The lowest BCUT2D eigenvalue weighted by molar-refractivity contribution is 0.136. The number of rotatable bonds is 5. The summed E-state index contributed by atoms with van der Waals surface area (Å²) in [6.07, 6.45) is 3.77. The molecule has 1 aliphatic heterocycles. The molecule has 0 aromatic heterocycles. The molecule has 1 aromatic rings. The second-order valence-corrected chi connectivity index (χ2v) is 5.55. The third-order valence-corrected chi connectivity index (χ3v) is 4.02. The van der Waals surface area contributed by atoms with E-state index in [4.69, 9.17) is 9.47 Å². The monoisotopic (exact) mass is 279 g/mol. The Morgan fingerprint density at radius 3 is 2.75 bits per heavy atom. The minimum absolute atomic E-state index is 0.376. The van der Waals surface area contributed by atoms with Gasteiger partial charge in [0.15, 0.2) is 0 Å². The van der Waals surface area contributed by atoms with Crippen LogP contribution in [0.25, 0.3) is 0 Å². The van der Waals surface area contributed by atoms with E-state index in [9.17, 15) is 5.11 Å². The summed E-state index contributed by atoms with van der Waals surface area (Å²) in [5, 5.41) is 14.0. The van der Waals surface area contributed by atoms with Gasteiger partial charge in [-0.15, -0.1) is 0 Å². The number of benzene rings is 1. The van der Waals surface area contributed by atoms with Gasteiger partial charge in [0.1, 0.15) is 11.5 Å². The molecule has 1 aromatic carbocycles. The Morgan fingerprint density at radius 2 is 2.10 bits per heavy atom. The third kappa shape index (κ3) is 3.64. The molecule has 20 heavy (non-hydrogen) atoms. The topological polar surface area (TPSA) is 50.7 Å². The van der Waals surface area contributed by atoms with E-state index in [2.05, 4.69) is 12.2 Å². The Kier molecular flexibility index (Phi) is 5.26. The number of hydrogen-bond donors (Lipinski definition) is 2. The molecular formula is C16H25NO3. The summed E-state index contributed by atoms with van der Waals surface area (Å²) in [7, 11) is 3.24. The van der Waals surface area contributed by atoms with Crippen molar-refractivity contribution in [2.24, 2.45) is 0 Å². The van der Waals surface area contributed by atoms with Crippen molar-refractivity contribution in [1.29, 1.82) is 0 Å². The van der Waals surface area contributed by atoms with Crippen molar-refractivity contribution < 1.29 is 14.6 Å². The van der Waals surface area contributed by atoms with Gasteiger partial charge in [0.25, 0.3) is 0 Å². The van der Waals surface area contributed by atoms with Gasteiger partial charge in [-0.3, -0.25) is 0 Å². The van der Waals surface area contributed by atoms with Gasteiger partial charge >= 0.3 is 0 Å². The summed E-state index contributed by atoms with van der Waals surface area (Å²) in [5.74, 6) is 1.42. The van der Waals surface area contributed by atoms with E-state index in [1.54, 1.807) is 14.2 Å². The van der Waals surface area contributed by atoms with Crippen LogP contribution >= 0.6 is 0 Å². The smallest absolute Gasteiger partial charge is 0.128 e. The maximum absolute atomic E-state index is 10.5. The van der Waals surface area contributed by atoms with E-state index < -0.39 is 6.10 Å². The van der Waals surface area contributed by atoms with Crippen molar-refractivity contribution in [3.05, 3.63) is 23.8 Å². The summed E-state index contributed by atoms with van der Waals surface area (Å²) < 4.78 is 10.5. The molecule has 1 heterocycles. The summed E-state index contributed by atoms with van der Waals surface area (Å²) in [6, 6.07) is 6.47. The second-order valence-electron chi connectivity index (χ2n) is 5.55. The number of hydrogen-bond acceptors (Lipinski definition) is 4. The van der Waals surface area contributed by atoms with E-state index in [0.29, 0.717) is 24.3 Å². The van der Waals surface area contributed by atoms with Gasteiger partial charge < -0.3 is 19.9 Å². The minimum Gasteiger partial charge on any atom is -0.497 e. The molecule has 1 saturated heterocycles. The minimum atomic E-state index is -0.515. The molecule has 3 unspecified atom stereocenters. The van der Waals surface area contributed by atoms with Crippen LogP contribution < -0.4 is 14.8 Å². The normalized spacial score (nSPS) is 24.2. The van der Waals surface area contributed by atoms with Crippen LogP contribution in [-0.4, -0.2) is 31.4 Å². The van der Waals surface area contributed by atoms with Gasteiger partial charge in [0.2, 0.25) is 0 Å². The van der Waals surface area contributed by atoms with Crippen molar-refractivity contribution in [1.82, 2.24) is 5.32 Å². The van der Waals surface area contributed by atoms with Gasteiger partial charge in [0.05, 0.1) is 20.3 Å². The lowest BCUT2D eigenvalue weighted by Crippen LogP contribution is -2.41. The predicted molar refractivity (Wildman–Crippen MR) is 79.4 cm³/mol. The Morgan fingerprint density at radius 1 is 1.30 bits per heavy atom. The molecule has 1 fully saturated rings. The zero-order valence-electron chi connectivity index (χ0n) is 12.6. The molecule has 0 amide bonds. The van der Waals surface area contributed by atoms with E-state index in [-0.39, 0.29) is 0 Å². The fraction of sp³-hybridized carbons (Fsp3) is 0.625. The molecule has 112 valence electrons. The largest absolute Gasteiger partial charge is 0.497 e. The van der Waals surface area contributed by atoms with Gasteiger partial charge in [-0.1, -0.05) is 6.42 Å². The quantitative estimate of drug-likeness (QED) is 0.870. The maximum atomic E-state index is 10.5. The summed E-state index contributed by atoms with van der Waals surface area (Å²) >= 11 is 0. The number of ether oxygens (including phenoxy) is 2. The Labute approximate surface area is 121 Å². The number of piperidine rings is 1. The first-order chi connectivity index (χ1) is 9.63. The highest BCUT2D eigenvalue weighted by atomic mass is 16.5. The fourth-order valence-electron chi connectivity index (χ4n) is 2.92. The van der Waals surface area contributed by atoms with Crippen LogP contribution in [0.5, 0.6) is 11.5 Å². The zero-order valence-corrected chi connectivity index (χ0v) is 12.6. The van der Waals surface area contributed by atoms with Crippen LogP contribution in [0.2, 0.25) is 0 Å². The lowest BCUT2D eigenvalue weighted by atomic mass is 9.93. The van der Waals surface area contributed by atoms with Gasteiger partial charge in [-0.25, -0.2) is 0 Å². The number of aliphatic hydroxyl groups excluding tert-OH is 1. The number of nitrogens with one attached hydrogen (secondary N) is 1. The van der Waals surface area contributed by atoms with Crippen molar-refractivity contribution in [2.75, 3.05) is 14.2 Å². The molecular weight excluding hydrogens is 254 g/mol. The van der Waals surface area contributed by atoms with Gasteiger partial charge in [-0.2, -0.15) is 0 Å². The SMILES string of the molecule is COc1ccc(C(O)CC2CCCC(C)N2)c(OC)c1. The third-order valence-electron chi connectivity index (χ3n) is 4.02. The van der Waals surface area contributed by atoms with E-state index in [1.165, 1.54) is 12.8 Å². The standard InChI is InChI=1S/C16H25NO3/c1-11-5-4-6-12(17-11)9-15(18)14-8-7-13(19-2)10-16(14)20-3/h7-8,10-12,15,17-18H,4-6,9H2,1-3H3. The molecule has 4 heteroatoms. The van der Waals surface area contributed by atoms with Crippen molar-refractivity contribution in [3.63, 3.8) is 0 Å². The molecule has 0 saturated carbocycles. The van der Waals surface area contributed by atoms with Crippen LogP contribution in [0.1, 0.15) is 44.3 Å². The summed E-state index contributed by atoms with van der Waals surface area (Å²) in [4.78, 5) is 0. The Hall–Kier alpha value is -1.26. The number of methoxy groups -OCH3 is 2. The molecule has 2 N–H and O–H groups in total.